The predicted octanol–water partition coefficient (Wildman–Crippen LogP) is 14.2. The fraction of sp³-hybridized carbons (Fsp3) is 0. The summed E-state index contributed by atoms with van der Waals surface area (Å²) in [5, 5.41) is 2.57. The van der Waals surface area contributed by atoms with E-state index in [1.54, 1.807) is 0 Å². The first kappa shape index (κ1) is 33.8. The highest BCUT2D eigenvalue weighted by atomic mass is 32.1. The Morgan fingerprint density at radius 2 is 0.983 bits per heavy atom. The van der Waals surface area contributed by atoms with Gasteiger partial charge in [-0.1, -0.05) is 152 Å². The van der Waals surface area contributed by atoms with Crippen molar-refractivity contribution in [3.8, 4) is 73.2 Å². The van der Waals surface area contributed by atoms with Crippen LogP contribution < -0.4 is 0 Å². The van der Waals surface area contributed by atoms with E-state index in [0.717, 1.165) is 72.9 Å². The van der Waals surface area contributed by atoms with Crippen molar-refractivity contribution in [2.24, 2.45) is 0 Å². The lowest BCUT2D eigenvalue weighted by Gasteiger charge is -2.14. The van der Waals surface area contributed by atoms with Crippen molar-refractivity contribution in [2.45, 2.75) is 0 Å². The van der Waals surface area contributed by atoms with Crippen molar-refractivity contribution >= 4 is 42.5 Å². The molecule has 0 spiro atoms. The number of para-hydroxylation sites is 2. The fourth-order valence-corrected chi connectivity index (χ4v) is 9.25. The molecule has 0 saturated carbocycles. The first-order chi connectivity index (χ1) is 28.7. The Balaban J connectivity index is 1.08. The molecule has 0 aliphatic rings. The molecule has 0 amide bonds. The number of rotatable bonds is 7. The average molecular weight is 759 g/mol. The number of hydrogen-bond acceptors (Lipinski definition) is 4. The van der Waals surface area contributed by atoms with Crippen molar-refractivity contribution in [3.05, 3.63) is 206 Å². The van der Waals surface area contributed by atoms with Crippen LogP contribution >= 0.6 is 11.3 Å². The van der Waals surface area contributed by atoms with Gasteiger partial charge in [-0.2, -0.15) is 0 Å². The summed E-state index contributed by atoms with van der Waals surface area (Å²) in [5.74, 6) is 1.59. The second-order valence-corrected chi connectivity index (χ2v) is 15.5. The first-order valence-corrected chi connectivity index (χ1v) is 20.2. The summed E-state index contributed by atoms with van der Waals surface area (Å²) in [6, 6.07) is 72.6. The summed E-state index contributed by atoms with van der Waals surface area (Å²) < 4.78 is 4.82. The van der Waals surface area contributed by atoms with E-state index in [1.165, 1.54) is 25.7 Å². The highest BCUT2D eigenvalue weighted by Gasteiger charge is 2.18. The smallest absolute Gasteiger partial charge is 0.160 e. The summed E-state index contributed by atoms with van der Waals surface area (Å²) in [7, 11) is 0. The van der Waals surface area contributed by atoms with Crippen LogP contribution in [0.3, 0.4) is 0 Å². The van der Waals surface area contributed by atoms with Crippen LogP contribution in [-0.4, -0.2) is 19.5 Å². The molecule has 0 aliphatic heterocycles. The maximum absolute atomic E-state index is 5.28. The van der Waals surface area contributed by atoms with Crippen molar-refractivity contribution in [2.75, 3.05) is 0 Å². The van der Waals surface area contributed by atoms with Crippen molar-refractivity contribution in [1.82, 2.24) is 19.5 Å². The predicted molar refractivity (Wildman–Crippen MR) is 242 cm³/mol. The molecule has 0 N–H and O–H groups in total. The van der Waals surface area contributed by atoms with Gasteiger partial charge in [-0.25, -0.2) is 15.0 Å². The van der Waals surface area contributed by atoms with Gasteiger partial charge in [0.25, 0.3) is 0 Å². The van der Waals surface area contributed by atoms with E-state index in [-0.39, 0.29) is 0 Å². The van der Waals surface area contributed by atoms with Crippen LogP contribution in [0.2, 0.25) is 0 Å². The molecular weight excluding hydrogens is 725 g/mol. The van der Waals surface area contributed by atoms with Gasteiger partial charge >= 0.3 is 0 Å². The van der Waals surface area contributed by atoms with Crippen LogP contribution in [0.15, 0.2) is 206 Å². The summed E-state index contributed by atoms with van der Waals surface area (Å²) in [6.07, 6.45) is 0. The second kappa shape index (κ2) is 14.2. The van der Waals surface area contributed by atoms with Crippen LogP contribution in [0.5, 0.6) is 0 Å². The van der Waals surface area contributed by atoms with Gasteiger partial charge in [0.1, 0.15) is 5.82 Å². The van der Waals surface area contributed by atoms with Gasteiger partial charge in [-0.15, -0.1) is 11.3 Å². The van der Waals surface area contributed by atoms with Gasteiger partial charge < -0.3 is 0 Å². The normalized spacial score (nSPS) is 11.4. The SMILES string of the molecule is c1ccc(-c2cc(-c3cc(-c4ccc(-n5c(-c6ccccc6)nc6ccccc65)cc4)nc(-c4ccccc4)n3)cc(-c3cccc4c3sc3ccccc34)c2)cc1. The summed E-state index contributed by atoms with van der Waals surface area (Å²) in [5.41, 5.74) is 13.5. The van der Waals surface area contributed by atoms with Crippen molar-refractivity contribution in [1.29, 1.82) is 0 Å². The molecular formula is C53H34N4S. The van der Waals surface area contributed by atoms with Crippen molar-refractivity contribution < 1.29 is 0 Å². The molecule has 0 saturated heterocycles. The number of benzene rings is 8. The Hall–Kier alpha value is -7.47. The lowest BCUT2D eigenvalue weighted by molar-refractivity contribution is 1.10. The zero-order chi connectivity index (χ0) is 38.4. The van der Waals surface area contributed by atoms with Crippen LogP contribution in [0, 0.1) is 0 Å². The van der Waals surface area contributed by atoms with E-state index in [4.69, 9.17) is 15.0 Å². The molecule has 0 fully saturated rings. The van der Waals surface area contributed by atoms with E-state index in [1.807, 2.05) is 41.7 Å². The zero-order valence-corrected chi connectivity index (χ0v) is 32.1. The van der Waals surface area contributed by atoms with E-state index < -0.39 is 0 Å². The molecule has 5 heteroatoms. The molecule has 4 nitrogen and oxygen atoms in total. The number of thiophene rings is 1. The number of fused-ring (bicyclic) bond motifs is 4. The van der Waals surface area contributed by atoms with Crippen molar-refractivity contribution in [3.63, 3.8) is 0 Å². The molecule has 0 atom stereocenters. The fourth-order valence-electron chi connectivity index (χ4n) is 8.01. The van der Waals surface area contributed by atoms with Crippen LogP contribution in [0.25, 0.3) is 104 Å². The summed E-state index contributed by atoms with van der Waals surface area (Å²) in [4.78, 5) is 15.5. The van der Waals surface area contributed by atoms with Gasteiger partial charge in [0, 0.05) is 48.1 Å². The molecule has 11 aromatic rings. The van der Waals surface area contributed by atoms with Gasteiger partial charge in [0.15, 0.2) is 5.82 Å². The zero-order valence-electron chi connectivity index (χ0n) is 31.3. The average Bonchev–Trinajstić information content (AvgIpc) is 3.89. The molecule has 0 aliphatic carbocycles. The Labute approximate surface area is 340 Å². The third kappa shape index (κ3) is 6.06. The molecule has 272 valence electrons. The summed E-state index contributed by atoms with van der Waals surface area (Å²) >= 11 is 1.85. The Morgan fingerprint density at radius 3 is 1.76 bits per heavy atom. The van der Waals surface area contributed by atoms with Gasteiger partial charge in [-0.05, 0) is 76.9 Å². The molecule has 8 aromatic carbocycles. The lowest BCUT2D eigenvalue weighted by Crippen LogP contribution is -1.99. The second-order valence-electron chi connectivity index (χ2n) is 14.4. The highest BCUT2D eigenvalue weighted by molar-refractivity contribution is 7.26. The maximum atomic E-state index is 5.28. The van der Waals surface area contributed by atoms with E-state index in [9.17, 15) is 0 Å². The van der Waals surface area contributed by atoms with E-state index >= 15 is 0 Å². The number of hydrogen-bond donors (Lipinski definition) is 0. The number of nitrogens with zero attached hydrogens (tertiary/aromatic N) is 4. The third-order valence-corrected chi connectivity index (χ3v) is 12.0. The van der Waals surface area contributed by atoms with E-state index in [2.05, 4.69) is 180 Å². The molecule has 58 heavy (non-hydrogen) atoms. The first-order valence-electron chi connectivity index (χ1n) is 19.4. The minimum atomic E-state index is 0.683. The molecule has 11 rings (SSSR count). The quantitative estimate of drug-likeness (QED) is 0.163. The standard InChI is InChI=1S/C53H34N4S/c1-4-15-35(16-5-1)39-31-40(43-22-14-23-45-44-21-10-13-26-50(44)58-51(43)45)33-41(32-39)48-34-47(54-52(55-48)37-17-6-2-7-18-37)36-27-29-42(30-28-36)57-49-25-12-11-24-46(49)56-53(57)38-19-8-3-9-20-38/h1-34H. The van der Waals surface area contributed by atoms with E-state index in [0.29, 0.717) is 5.82 Å². The molecule has 3 aromatic heterocycles. The molecule has 0 bridgehead atoms. The summed E-state index contributed by atoms with van der Waals surface area (Å²) in [6.45, 7) is 0. The maximum Gasteiger partial charge on any atom is 0.160 e. The largest absolute Gasteiger partial charge is 0.292 e. The van der Waals surface area contributed by atoms with Crippen LogP contribution in [-0.2, 0) is 0 Å². The van der Waals surface area contributed by atoms with Gasteiger partial charge in [0.2, 0.25) is 0 Å². The third-order valence-electron chi connectivity index (χ3n) is 10.8. The molecule has 3 heterocycles. The van der Waals surface area contributed by atoms with Crippen LogP contribution in [0.4, 0.5) is 0 Å². The minimum Gasteiger partial charge on any atom is -0.292 e. The number of imidazole rings is 1. The monoisotopic (exact) mass is 758 g/mol. The minimum absolute atomic E-state index is 0.683. The van der Waals surface area contributed by atoms with Gasteiger partial charge in [0.05, 0.1) is 22.4 Å². The molecule has 0 radical (unpaired) electrons. The highest BCUT2D eigenvalue weighted by Crippen LogP contribution is 2.42. The Bertz CT molecular complexity index is 3260. The lowest BCUT2D eigenvalue weighted by atomic mass is 9.94. The Kier molecular flexibility index (Phi) is 8.30. The Morgan fingerprint density at radius 1 is 0.379 bits per heavy atom. The topological polar surface area (TPSA) is 43.6 Å². The molecule has 0 unspecified atom stereocenters. The number of aromatic nitrogens is 4. The van der Waals surface area contributed by atoms with Gasteiger partial charge in [-0.3, -0.25) is 4.57 Å². The van der Waals surface area contributed by atoms with Crippen LogP contribution in [0.1, 0.15) is 0 Å².